The molecule has 4 aromatic carbocycles. The molecule has 14 nitrogen and oxygen atoms in total. The Hall–Kier alpha value is -5.86. The fraction of sp³-hybridized carbons (Fsp3) is 0.581. The molecule has 6 amide bonds. The summed E-state index contributed by atoms with van der Waals surface area (Å²) in [5, 5.41) is 16.5. The van der Waals surface area contributed by atoms with E-state index >= 15 is 0 Å². The Morgan fingerprint density at radius 1 is 0.526 bits per heavy atom. The van der Waals surface area contributed by atoms with Gasteiger partial charge >= 0.3 is 0 Å². The zero-order valence-corrected chi connectivity index (χ0v) is 47.5. The standard InChI is InChI=1S/C62H90N8O6/c1-43(63-9)57(73)65-55(61(3,4)5)59(75)69-37-23-31-49(69)41-67(39-47-29-21-27-45-25-17-19-33-51(45)47)53(71)35-15-13-11-12-14-16-36-54(72)68(40-48-30-22-28-46-26-18-20-34-52(46)48)42-50-32-24-38-70(50)60(76)56(62(6,7)8)66-58(74)44(2)64-10/h17-22,25-30,33-34,43-44,49-50,55-56,63-64H,11-16,23-24,31-32,35-42H2,1-10H3,(H,65,73)(H,66,74)/t43-,44-,49-,50-,55+,56?/m0/s1. The van der Waals surface area contributed by atoms with Crippen LogP contribution < -0.4 is 21.3 Å². The average Bonchev–Trinajstić information content (AvgIpc) is 4.08. The maximum atomic E-state index is 14.4. The van der Waals surface area contributed by atoms with E-state index in [4.69, 9.17) is 0 Å². The predicted molar refractivity (Wildman–Crippen MR) is 305 cm³/mol. The number of carbonyl (C=O) groups is 6. The number of likely N-dealkylation sites (N-methyl/N-ethyl adjacent to an activating group) is 2. The number of nitrogens with one attached hydrogen (secondary N) is 4. The fourth-order valence-electron chi connectivity index (χ4n) is 10.9. The second kappa shape index (κ2) is 27.5. The van der Waals surface area contributed by atoms with Crippen molar-refractivity contribution in [3.05, 3.63) is 96.1 Å². The van der Waals surface area contributed by atoms with Gasteiger partial charge in [-0.2, -0.15) is 0 Å². The second-order valence-electron chi connectivity index (χ2n) is 23.7. The van der Waals surface area contributed by atoms with Crippen LogP contribution in [0.1, 0.15) is 144 Å². The SMILES string of the molecule is CN[C@@H](C)C(=O)NC(C(=O)N1CCC[C@H]1CN(Cc1cccc2ccccc12)C(=O)CCCCCCCCC(=O)N(Cc1cccc2ccccc12)C[C@@H]1CCCN1C(=O)[C@@H](NC(=O)[C@H](C)NC)C(C)(C)C)C(C)(C)C. The maximum Gasteiger partial charge on any atom is 0.246 e. The first-order valence-corrected chi connectivity index (χ1v) is 28.3. The van der Waals surface area contributed by atoms with E-state index in [0.717, 1.165) is 96.9 Å². The number of likely N-dealkylation sites (tertiary alicyclic amines) is 2. The van der Waals surface area contributed by atoms with Crippen LogP contribution in [-0.4, -0.2) is 132 Å². The maximum absolute atomic E-state index is 14.4. The molecule has 6 rings (SSSR count). The van der Waals surface area contributed by atoms with E-state index < -0.39 is 35.0 Å². The molecule has 1 unspecified atom stereocenters. The van der Waals surface area contributed by atoms with Gasteiger partial charge in [0.1, 0.15) is 12.1 Å². The van der Waals surface area contributed by atoms with Gasteiger partial charge in [-0.1, -0.05) is 152 Å². The smallest absolute Gasteiger partial charge is 0.246 e. The van der Waals surface area contributed by atoms with Crippen molar-refractivity contribution in [2.24, 2.45) is 10.8 Å². The van der Waals surface area contributed by atoms with Crippen molar-refractivity contribution in [2.45, 2.75) is 182 Å². The topological polar surface area (TPSA) is 163 Å². The van der Waals surface area contributed by atoms with Crippen LogP contribution in [0, 0.1) is 10.8 Å². The van der Waals surface area contributed by atoms with E-state index in [2.05, 4.69) is 69.8 Å². The zero-order chi connectivity index (χ0) is 55.2. The third-order valence-electron chi connectivity index (χ3n) is 15.9. The van der Waals surface area contributed by atoms with Gasteiger partial charge in [-0.05, 0) is 110 Å². The van der Waals surface area contributed by atoms with Crippen molar-refractivity contribution < 1.29 is 28.8 Å². The summed E-state index contributed by atoms with van der Waals surface area (Å²) in [6.07, 6.45) is 9.14. The highest BCUT2D eigenvalue weighted by molar-refractivity contribution is 5.92. The van der Waals surface area contributed by atoms with Crippen LogP contribution >= 0.6 is 0 Å². The molecule has 0 bridgehead atoms. The van der Waals surface area contributed by atoms with E-state index in [1.165, 1.54) is 0 Å². The fourth-order valence-corrected chi connectivity index (χ4v) is 10.9. The molecule has 14 heteroatoms. The molecular formula is C62H90N8O6. The zero-order valence-electron chi connectivity index (χ0n) is 47.5. The largest absolute Gasteiger partial charge is 0.342 e. The molecule has 2 saturated heterocycles. The van der Waals surface area contributed by atoms with Crippen molar-refractivity contribution in [3.8, 4) is 0 Å². The highest BCUT2D eigenvalue weighted by atomic mass is 16.2. The molecule has 0 radical (unpaired) electrons. The molecule has 2 heterocycles. The Kier molecular flexibility index (Phi) is 21.5. The third kappa shape index (κ3) is 15.9. The van der Waals surface area contributed by atoms with Gasteiger partial charge in [-0.3, -0.25) is 28.8 Å². The minimum atomic E-state index is -0.715. The average molecular weight is 1040 g/mol. The Bertz CT molecular complexity index is 2420. The second-order valence-corrected chi connectivity index (χ2v) is 23.7. The van der Waals surface area contributed by atoms with Crippen LogP contribution in [0.5, 0.6) is 0 Å². The summed E-state index contributed by atoms with van der Waals surface area (Å²) in [5.74, 6) is -0.527. The lowest BCUT2D eigenvalue weighted by atomic mass is 9.85. The first-order chi connectivity index (χ1) is 36.2. The lowest BCUT2D eigenvalue weighted by molar-refractivity contribution is -0.142. The molecule has 6 atom stereocenters. The van der Waals surface area contributed by atoms with E-state index in [9.17, 15) is 28.8 Å². The number of nitrogens with zero attached hydrogens (tertiary/aromatic N) is 4. The first kappa shape index (κ1) is 59.4. The van der Waals surface area contributed by atoms with E-state index in [0.29, 0.717) is 52.1 Å². The van der Waals surface area contributed by atoms with Crippen molar-refractivity contribution in [1.82, 2.24) is 40.9 Å². The van der Waals surface area contributed by atoms with Gasteiger partial charge in [0.25, 0.3) is 0 Å². The van der Waals surface area contributed by atoms with Crippen molar-refractivity contribution in [3.63, 3.8) is 0 Å². The Labute approximate surface area is 453 Å². The summed E-state index contributed by atoms with van der Waals surface area (Å²) in [4.78, 5) is 91.4. The Morgan fingerprint density at radius 3 is 1.25 bits per heavy atom. The third-order valence-corrected chi connectivity index (χ3v) is 15.9. The molecule has 4 N–H and O–H groups in total. The lowest BCUT2D eigenvalue weighted by Gasteiger charge is -2.37. The van der Waals surface area contributed by atoms with Gasteiger partial charge in [-0.25, -0.2) is 0 Å². The molecule has 2 fully saturated rings. The number of unbranched alkanes of at least 4 members (excludes halogenated alkanes) is 5. The number of amides is 6. The molecule has 0 aliphatic carbocycles. The van der Waals surface area contributed by atoms with E-state index in [1.54, 1.807) is 27.9 Å². The highest BCUT2D eigenvalue weighted by Gasteiger charge is 2.42. The molecule has 2 aliphatic heterocycles. The molecule has 76 heavy (non-hydrogen) atoms. The van der Waals surface area contributed by atoms with Crippen LogP contribution in [0.2, 0.25) is 0 Å². The number of rotatable bonds is 25. The minimum absolute atomic E-state index is 0.0669. The van der Waals surface area contributed by atoms with Crippen LogP contribution in [0.25, 0.3) is 21.5 Å². The molecule has 0 aromatic heterocycles. The monoisotopic (exact) mass is 1040 g/mol. The molecule has 0 spiro atoms. The van der Waals surface area contributed by atoms with Crippen LogP contribution in [0.15, 0.2) is 84.9 Å². The molecule has 4 aromatic rings. The number of hydrogen-bond acceptors (Lipinski definition) is 8. The molecule has 0 saturated carbocycles. The molecule has 2 aliphatic rings. The van der Waals surface area contributed by atoms with Gasteiger partial charge in [0.15, 0.2) is 0 Å². The molecule has 414 valence electrons. The molecular weight excluding hydrogens is 953 g/mol. The summed E-state index contributed by atoms with van der Waals surface area (Å²) in [5.41, 5.74) is 1.09. The predicted octanol–water partition coefficient (Wildman–Crippen LogP) is 8.73. The highest BCUT2D eigenvalue weighted by Crippen LogP contribution is 2.30. The Balaban J connectivity index is 1.07. The van der Waals surface area contributed by atoms with Gasteiger partial charge in [0.05, 0.1) is 12.1 Å². The van der Waals surface area contributed by atoms with Crippen molar-refractivity contribution in [2.75, 3.05) is 40.3 Å². The summed E-state index contributed by atoms with van der Waals surface area (Å²) in [7, 11) is 3.45. The minimum Gasteiger partial charge on any atom is -0.342 e. The van der Waals surface area contributed by atoms with Gasteiger partial charge in [0, 0.05) is 64.2 Å². The van der Waals surface area contributed by atoms with Crippen LogP contribution in [-0.2, 0) is 41.9 Å². The van der Waals surface area contributed by atoms with Gasteiger partial charge in [-0.15, -0.1) is 0 Å². The summed E-state index contributed by atoms with van der Waals surface area (Å²) < 4.78 is 0. The quantitative estimate of drug-likeness (QED) is 0.0479. The summed E-state index contributed by atoms with van der Waals surface area (Å²) >= 11 is 0. The van der Waals surface area contributed by atoms with Gasteiger partial charge < -0.3 is 40.9 Å². The van der Waals surface area contributed by atoms with E-state index in [-0.39, 0.29) is 47.5 Å². The van der Waals surface area contributed by atoms with Crippen molar-refractivity contribution >= 4 is 57.0 Å². The number of fused-ring (bicyclic) bond motifs is 2. The summed E-state index contributed by atoms with van der Waals surface area (Å²) in [6, 6.07) is 26.2. The van der Waals surface area contributed by atoms with Crippen LogP contribution in [0.3, 0.4) is 0 Å². The number of carbonyl (C=O) groups excluding carboxylic acids is 6. The van der Waals surface area contributed by atoms with Crippen LogP contribution in [0.4, 0.5) is 0 Å². The van der Waals surface area contributed by atoms with E-state index in [1.807, 2.05) is 97.5 Å². The summed E-state index contributed by atoms with van der Waals surface area (Å²) in [6.45, 7) is 18.3. The van der Waals surface area contributed by atoms with Gasteiger partial charge in [0.2, 0.25) is 35.4 Å². The number of hydrogen-bond donors (Lipinski definition) is 4. The van der Waals surface area contributed by atoms with Crippen molar-refractivity contribution in [1.29, 1.82) is 0 Å². The normalized spacial score (nSPS) is 17.6. The Morgan fingerprint density at radius 2 is 0.882 bits per heavy atom. The first-order valence-electron chi connectivity index (χ1n) is 28.3. The lowest BCUT2D eigenvalue weighted by Crippen LogP contribution is -2.59. The number of benzene rings is 4.